The summed E-state index contributed by atoms with van der Waals surface area (Å²) in [6.45, 7) is 6.87. The Morgan fingerprint density at radius 1 is 1.19 bits per heavy atom. The van der Waals surface area contributed by atoms with Crippen molar-refractivity contribution >= 4 is 15.9 Å². The van der Waals surface area contributed by atoms with Crippen LogP contribution >= 0.6 is 15.9 Å². The third-order valence-electron chi connectivity index (χ3n) is 3.27. The van der Waals surface area contributed by atoms with Crippen molar-refractivity contribution in [3.8, 4) is 11.5 Å². The molecule has 2 nitrogen and oxygen atoms in total. The van der Waals surface area contributed by atoms with Crippen molar-refractivity contribution in [3.63, 3.8) is 0 Å². The normalized spacial score (nSPS) is 12.2. The van der Waals surface area contributed by atoms with Crippen molar-refractivity contribution in [1.29, 1.82) is 0 Å². The smallest absolute Gasteiger partial charge is 0.166 e. The lowest BCUT2D eigenvalue weighted by molar-refractivity contribution is 0.438. The maximum atomic E-state index is 14.2. The summed E-state index contributed by atoms with van der Waals surface area (Å²) in [4.78, 5) is 0. The molecule has 0 bridgehead atoms. The molecule has 0 saturated heterocycles. The molecule has 1 N–H and O–H groups in total. The van der Waals surface area contributed by atoms with Crippen molar-refractivity contribution in [2.75, 3.05) is 6.54 Å². The lowest BCUT2D eigenvalue weighted by atomic mass is 10.1. The molecule has 2 aromatic carbocycles. The Morgan fingerprint density at radius 3 is 2.52 bits per heavy atom. The summed E-state index contributed by atoms with van der Waals surface area (Å²) in [6.07, 6.45) is 0. The molecule has 0 aromatic heterocycles. The highest BCUT2D eigenvalue weighted by Gasteiger charge is 2.11. The number of rotatable bonds is 5. The molecule has 112 valence electrons. The van der Waals surface area contributed by atoms with Gasteiger partial charge in [0.1, 0.15) is 5.75 Å². The van der Waals surface area contributed by atoms with Gasteiger partial charge in [0.2, 0.25) is 0 Å². The van der Waals surface area contributed by atoms with Gasteiger partial charge in [0.05, 0.1) is 4.47 Å². The first kappa shape index (κ1) is 16.0. The van der Waals surface area contributed by atoms with Gasteiger partial charge in [-0.25, -0.2) is 4.39 Å². The topological polar surface area (TPSA) is 21.3 Å². The van der Waals surface area contributed by atoms with Crippen LogP contribution in [0.25, 0.3) is 0 Å². The molecule has 0 aliphatic rings. The molecule has 1 unspecified atom stereocenters. The largest absolute Gasteiger partial charge is 0.453 e. The van der Waals surface area contributed by atoms with E-state index in [1.165, 1.54) is 6.07 Å². The molecule has 0 aliphatic heterocycles. The van der Waals surface area contributed by atoms with E-state index in [-0.39, 0.29) is 17.6 Å². The van der Waals surface area contributed by atoms with E-state index in [4.69, 9.17) is 4.74 Å². The fourth-order valence-corrected chi connectivity index (χ4v) is 2.67. The molecule has 0 amide bonds. The van der Waals surface area contributed by atoms with Gasteiger partial charge in [-0.1, -0.05) is 19.1 Å². The first-order chi connectivity index (χ1) is 10.0. The average molecular weight is 352 g/mol. The fraction of sp³-hybridized carbons (Fsp3) is 0.294. The highest BCUT2D eigenvalue weighted by molar-refractivity contribution is 9.10. The van der Waals surface area contributed by atoms with Crippen molar-refractivity contribution in [3.05, 3.63) is 57.8 Å². The number of hydrogen-bond acceptors (Lipinski definition) is 2. The number of ether oxygens (including phenoxy) is 1. The summed E-state index contributed by atoms with van der Waals surface area (Å²) < 4.78 is 20.6. The molecule has 1 atom stereocenters. The molecule has 0 aliphatic carbocycles. The third-order valence-corrected chi connectivity index (χ3v) is 3.89. The molecular formula is C17H19BrFNO. The van der Waals surface area contributed by atoms with Crippen LogP contribution < -0.4 is 10.1 Å². The second-order valence-corrected chi connectivity index (χ2v) is 5.86. The van der Waals surface area contributed by atoms with Gasteiger partial charge in [-0.15, -0.1) is 0 Å². The van der Waals surface area contributed by atoms with Gasteiger partial charge >= 0.3 is 0 Å². The van der Waals surface area contributed by atoms with Crippen LogP contribution in [0.4, 0.5) is 4.39 Å². The van der Waals surface area contributed by atoms with E-state index in [1.54, 1.807) is 6.07 Å². The second kappa shape index (κ2) is 7.05. The summed E-state index contributed by atoms with van der Waals surface area (Å²) >= 11 is 3.43. The Hall–Kier alpha value is -1.39. The summed E-state index contributed by atoms with van der Waals surface area (Å²) in [6, 6.07) is 10.9. The van der Waals surface area contributed by atoms with Crippen molar-refractivity contribution in [2.45, 2.75) is 26.8 Å². The lowest BCUT2D eigenvalue weighted by Crippen LogP contribution is -2.17. The second-order valence-electron chi connectivity index (χ2n) is 5.01. The number of nitrogens with one attached hydrogen (secondary N) is 1. The average Bonchev–Trinajstić information content (AvgIpc) is 2.44. The molecule has 0 heterocycles. The van der Waals surface area contributed by atoms with Gasteiger partial charge in [-0.2, -0.15) is 0 Å². The van der Waals surface area contributed by atoms with E-state index in [9.17, 15) is 4.39 Å². The Kier molecular flexibility index (Phi) is 5.37. The predicted molar refractivity (Wildman–Crippen MR) is 87.4 cm³/mol. The van der Waals surface area contributed by atoms with Gasteiger partial charge in [0.15, 0.2) is 11.6 Å². The molecule has 0 saturated carbocycles. The van der Waals surface area contributed by atoms with Crippen LogP contribution in [0.1, 0.15) is 31.0 Å². The molecular weight excluding hydrogens is 333 g/mol. The predicted octanol–water partition coefficient (Wildman–Crippen LogP) is 5.36. The third kappa shape index (κ3) is 4.05. The minimum Gasteiger partial charge on any atom is -0.453 e. The number of benzene rings is 2. The van der Waals surface area contributed by atoms with Crippen molar-refractivity contribution in [1.82, 2.24) is 5.32 Å². The molecule has 2 rings (SSSR count). The van der Waals surface area contributed by atoms with Gasteiger partial charge in [0, 0.05) is 6.04 Å². The van der Waals surface area contributed by atoms with Gasteiger partial charge in [0.25, 0.3) is 0 Å². The molecule has 4 heteroatoms. The fourth-order valence-electron chi connectivity index (χ4n) is 2.10. The highest BCUT2D eigenvalue weighted by Crippen LogP contribution is 2.32. The van der Waals surface area contributed by atoms with E-state index in [1.807, 2.05) is 45.0 Å². The SMILES string of the molecule is CCNC(C)c1ccc(Oc2ccc(C)cc2Br)c(F)c1. The Labute approximate surface area is 133 Å². The quantitative estimate of drug-likeness (QED) is 0.782. The van der Waals surface area contributed by atoms with Crippen LogP contribution in [0, 0.1) is 12.7 Å². The van der Waals surface area contributed by atoms with Crippen LogP contribution in [0.2, 0.25) is 0 Å². The molecule has 2 aromatic rings. The molecule has 21 heavy (non-hydrogen) atoms. The number of aryl methyl sites for hydroxylation is 1. The maximum absolute atomic E-state index is 14.2. The minimum absolute atomic E-state index is 0.115. The summed E-state index contributed by atoms with van der Waals surface area (Å²) in [5.74, 6) is 0.476. The lowest BCUT2D eigenvalue weighted by Gasteiger charge is -2.14. The molecule has 0 radical (unpaired) electrons. The number of hydrogen-bond donors (Lipinski definition) is 1. The zero-order valence-corrected chi connectivity index (χ0v) is 14.0. The Bertz CT molecular complexity index is 630. The van der Waals surface area contributed by atoms with Crippen LogP contribution in [-0.4, -0.2) is 6.54 Å². The minimum atomic E-state index is -0.357. The van der Waals surface area contributed by atoms with Crippen molar-refractivity contribution in [2.24, 2.45) is 0 Å². The summed E-state index contributed by atoms with van der Waals surface area (Å²) in [7, 11) is 0. The first-order valence-corrected chi connectivity index (χ1v) is 7.77. The standard InChI is InChI=1S/C17H19BrFNO/c1-4-20-12(3)13-6-8-17(15(19)10-13)21-16-7-5-11(2)9-14(16)18/h5-10,12,20H,4H2,1-3H3. The molecule has 0 fully saturated rings. The zero-order valence-electron chi connectivity index (χ0n) is 12.4. The van der Waals surface area contributed by atoms with E-state index < -0.39 is 0 Å². The molecule has 0 spiro atoms. The van der Waals surface area contributed by atoms with E-state index in [2.05, 4.69) is 21.2 Å². The Balaban J connectivity index is 2.21. The first-order valence-electron chi connectivity index (χ1n) is 6.98. The Morgan fingerprint density at radius 2 is 1.90 bits per heavy atom. The number of halogens is 2. The van der Waals surface area contributed by atoms with Crippen LogP contribution in [0.3, 0.4) is 0 Å². The van der Waals surface area contributed by atoms with Crippen molar-refractivity contribution < 1.29 is 9.13 Å². The highest BCUT2D eigenvalue weighted by atomic mass is 79.9. The summed E-state index contributed by atoms with van der Waals surface area (Å²) in [5, 5.41) is 3.26. The van der Waals surface area contributed by atoms with Crippen LogP contribution in [-0.2, 0) is 0 Å². The van der Waals surface area contributed by atoms with Crippen LogP contribution in [0.5, 0.6) is 11.5 Å². The maximum Gasteiger partial charge on any atom is 0.166 e. The van der Waals surface area contributed by atoms with Gasteiger partial charge < -0.3 is 10.1 Å². The van der Waals surface area contributed by atoms with E-state index in [0.717, 1.165) is 22.1 Å². The monoisotopic (exact) mass is 351 g/mol. The van der Waals surface area contributed by atoms with E-state index >= 15 is 0 Å². The van der Waals surface area contributed by atoms with Gasteiger partial charge in [-0.05, 0) is 71.7 Å². The van der Waals surface area contributed by atoms with E-state index in [0.29, 0.717) is 5.75 Å². The van der Waals surface area contributed by atoms with Gasteiger partial charge in [-0.3, -0.25) is 0 Å². The van der Waals surface area contributed by atoms with Crippen LogP contribution in [0.15, 0.2) is 40.9 Å². The summed E-state index contributed by atoms with van der Waals surface area (Å²) in [5.41, 5.74) is 2.02. The zero-order chi connectivity index (χ0) is 15.4.